The molecule has 20 heavy (non-hydrogen) atoms. The van der Waals surface area contributed by atoms with Crippen molar-refractivity contribution in [2.75, 3.05) is 40.1 Å². The fourth-order valence-electron chi connectivity index (χ4n) is 1.80. The zero-order valence-corrected chi connectivity index (χ0v) is 13.7. The van der Waals surface area contributed by atoms with Crippen LogP contribution in [0, 0.1) is 0 Å². The summed E-state index contributed by atoms with van der Waals surface area (Å²) in [6, 6.07) is 7.23. The van der Waals surface area contributed by atoms with Crippen LogP contribution in [0.15, 0.2) is 29.2 Å². The van der Waals surface area contributed by atoms with Gasteiger partial charge in [-0.15, -0.1) is 0 Å². The molecule has 0 radical (unpaired) electrons. The molecule has 1 N–H and O–H groups in total. The van der Waals surface area contributed by atoms with E-state index in [1.165, 1.54) is 4.31 Å². The minimum Gasteiger partial charge on any atom is -0.381 e. The third-order valence-corrected chi connectivity index (χ3v) is 4.93. The zero-order chi connectivity index (χ0) is 15.3. The van der Waals surface area contributed by atoms with E-state index in [9.17, 15) is 8.42 Å². The van der Waals surface area contributed by atoms with Crippen molar-refractivity contribution < 1.29 is 8.42 Å². The normalized spacial score (nSPS) is 13.8. The standard InChI is InChI=1S/C14H25N3O2S/c1-12(10-11-16(2)3)15-13-8-6-7-9-14(13)20(18,19)17(4)5/h6-9,12,15H,10-11H2,1-5H3. The van der Waals surface area contributed by atoms with Gasteiger partial charge in [0.1, 0.15) is 4.90 Å². The van der Waals surface area contributed by atoms with Crippen LogP contribution in [-0.4, -0.2) is 58.4 Å². The number of sulfonamides is 1. The smallest absolute Gasteiger partial charge is 0.244 e. The first-order valence-electron chi connectivity index (χ1n) is 6.68. The molecule has 0 aliphatic heterocycles. The Morgan fingerprint density at radius 2 is 1.75 bits per heavy atom. The van der Waals surface area contributed by atoms with Gasteiger partial charge in [-0.2, -0.15) is 0 Å². The second-order valence-corrected chi connectivity index (χ2v) is 7.54. The third kappa shape index (κ3) is 4.47. The molecule has 0 aromatic heterocycles. The number of anilines is 1. The topological polar surface area (TPSA) is 52.7 Å². The summed E-state index contributed by atoms with van der Waals surface area (Å²) in [4.78, 5) is 2.43. The summed E-state index contributed by atoms with van der Waals surface area (Å²) in [5, 5.41) is 3.29. The van der Waals surface area contributed by atoms with E-state index in [1.807, 2.05) is 26.2 Å². The fraction of sp³-hybridized carbons (Fsp3) is 0.571. The second-order valence-electron chi connectivity index (χ2n) is 5.42. The Balaban J connectivity index is 2.92. The van der Waals surface area contributed by atoms with Gasteiger partial charge in [-0.3, -0.25) is 0 Å². The maximum absolute atomic E-state index is 12.3. The Morgan fingerprint density at radius 1 is 1.15 bits per heavy atom. The molecule has 0 saturated carbocycles. The summed E-state index contributed by atoms with van der Waals surface area (Å²) in [5.74, 6) is 0. The molecule has 0 aliphatic carbocycles. The number of rotatable bonds is 7. The summed E-state index contributed by atoms with van der Waals surface area (Å²) < 4.78 is 25.8. The van der Waals surface area contributed by atoms with Crippen molar-refractivity contribution in [3.63, 3.8) is 0 Å². The van der Waals surface area contributed by atoms with E-state index in [1.54, 1.807) is 26.2 Å². The lowest BCUT2D eigenvalue weighted by Gasteiger charge is -2.21. The van der Waals surface area contributed by atoms with Crippen molar-refractivity contribution in [2.24, 2.45) is 0 Å². The van der Waals surface area contributed by atoms with Crippen LogP contribution in [0.2, 0.25) is 0 Å². The van der Waals surface area contributed by atoms with Crippen LogP contribution >= 0.6 is 0 Å². The van der Waals surface area contributed by atoms with Gasteiger partial charge in [0.25, 0.3) is 0 Å². The average Bonchev–Trinajstić information content (AvgIpc) is 2.36. The quantitative estimate of drug-likeness (QED) is 0.832. The van der Waals surface area contributed by atoms with Crippen LogP contribution in [-0.2, 0) is 10.0 Å². The van der Waals surface area contributed by atoms with Crippen LogP contribution in [0.1, 0.15) is 13.3 Å². The van der Waals surface area contributed by atoms with Gasteiger partial charge in [-0.25, -0.2) is 12.7 Å². The molecule has 0 amide bonds. The molecular formula is C14H25N3O2S. The van der Waals surface area contributed by atoms with Crippen LogP contribution in [0.3, 0.4) is 0 Å². The van der Waals surface area contributed by atoms with Crippen molar-refractivity contribution in [1.82, 2.24) is 9.21 Å². The van der Waals surface area contributed by atoms with Gasteiger partial charge in [0, 0.05) is 20.1 Å². The van der Waals surface area contributed by atoms with Gasteiger partial charge in [0.15, 0.2) is 0 Å². The van der Waals surface area contributed by atoms with Crippen LogP contribution in [0.25, 0.3) is 0 Å². The van der Waals surface area contributed by atoms with Gasteiger partial charge in [-0.1, -0.05) is 12.1 Å². The highest BCUT2D eigenvalue weighted by Crippen LogP contribution is 2.24. The Labute approximate surface area is 122 Å². The number of benzene rings is 1. The number of para-hydroxylation sites is 1. The van der Waals surface area contributed by atoms with E-state index in [4.69, 9.17) is 0 Å². The van der Waals surface area contributed by atoms with E-state index in [0.29, 0.717) is 10.6 Å². The molecule has 1 unspecified atom stereocenters. The second kappa shape index (κ2) is 7.06. The number of hydrogen-bond donors (Lipinski definition) is 1. The molecular weight excluding hydrogens is 274 g/mol. The van der Waals surface area contributed by atoms with Gasteiger partial charge in [0.05, 0.1) is 5.69 Å². The monoisotopic (exact) mass is 299 g/mol. The molecule has 0 aliphatic rings. The molecule has 0 fully saturated rings. The maximum Gasteiger partial charge on any atom is 0.244 e. The van der Waals surface area contributed by atoms with E-state index in [0.717, 1.165) is 13.0 Å². The highest BCUT2D eigenvalue weighted by molar-refractivity contribution is 7.89. The van der Waals surface area contributed by atoms with E-state index in [2.05, 4.69) is 17.1 Å². The summed E-state index contributed by atoms with van der Waals surface area (Å²) >= 11 is 0. The van der Waals surface area contributed by atoms with Crippen molar-refractivity contribution in [3.05, 3.63) is 24.3 Å². The lowest BCUT2D eigenvalue weighted by molar-refractivity contribution is 0.390. The van der Waals surface area contributed by atoms with E-state index < -0.39 is 10.0 Å². The van der Waals surface area contributed by atoms with Crippen molar-refractivity contribution in [2.45, 2.75) is 24.3 Å². The summed E-state index contributed by atoms with van der Waals surface area (Å²) in [5.41, 5.74) is 0.660. The van der Waals surface area contributed by atoms with Crippen molar-refractivity contribution >= 4 is 15.7 Å². The Kier molecular flexibility index (Phi) is 5.98. The molecule has 1 aromatic rings. The zero-order valence-electron chi connectivity index (χ0n) is 12.9. The van der Waals surface area contributed by atoms with Gasteiger partial charge < -0.3 is 10.2 Å². The van der Waals surface area contributed by atoms with Crippen LogP contribution in [0.5, 0.6) is 0 Å². The Hall–Kier alpha value is -1.11. The highest BCUT2D eigenvalue weighted by atomic mass is 32.2. The predicted molar refractivity (Wildman–Crippen MR) is 83.6 cm³/mol. The SMILES string of the molecule is CC(CCN(C)C)Nc1ccccc1S(=O)(=O)N(C)C. The third-order valence-electron chi connectivity index (χ3n) is 3.06. The summed E-state index contributed by atoms with van der Waals surface area (Å²) in [7, 11) is 3.71. The first-order chi connectivity index (χ1) is 9.25. The molecule has 1 atom stereocenters. The molecule has 0 bridgehead atoms. The number of hydrogen-bond acceptors (Lipinski definition) is 4. The molecule has 114 valence electrons. The van der Waals surface area contributed by atoms with Gasteiger partial charge in [-0.05, 0) is 46.1 Å². The van der Waals surface area contributed by atoms with E-state index >= 15 is 0 Å². The van der Waals surface area contributed by atoms with E-state index in [-0.39, 0.29) is 6.04 Å². The number of nitrogens with zero attached hydrogens (tertiary/aromatic N) is 2. The fourth-order valence-corrected chi connectivity index (χ4v) is 2.85. The molecule has 0 saturated heterocycles. The Morgan fingerprint density at radius 3 is 2.30 bits per heavy atom. The lowest BCUT2D eigenvalue weighted by Crippen LogP contribution is -2.26. The lowest BCUT2D eigenvalue weighted by atomic mass is 10.2. The predicted octanol–water partition coefficient (Wildman–Crippen LogP) is 1.69. The van der Waals surface area contributed by atoms with Crippen LogP contribution in [0.4, 0.5) is 5.69 Å². The summed E-state index contributed by atoms with van der Waals surface area (Å²) in [6.07, 6.45) is 0.948. The van der Waals surface area contributed by atoms with Gasteiger partial charge >= 0.3 is 0 Å². The maximum atomic E-state index is 12.3. The highest BCUT2D eigenvalue weighted by Gasteiger charge is 2.21. The first kappa shape index (κ1) is 16.9. The molecule has 1 aromatic carbocycles. The summed E-state index contributed by atoms with van der Waals surface area (Å²) in [6.45, 7) is 3.01. The molecule has 0 heterocycles. The minimum absolute atomic E-state index is 0.205. The molecule has 5 nitrogen and oxygen atoms in total. The number of nitrogens with one attached hydrogen (secondary N) is 1. The molecule has 6 heteroatoms. The average molecular weight is 299 g/mol. The largest absolute Gasteiger partial charge is 0.381 e. The molecule has 0 spiro atoms. The van der Waals surface area contributed by atoms with Crippen LogP contribution < -0.4 is 5.32 Å². The van der Waals surface area contributed by atoms with Crippen molar-refractivity contribution in [3.8, 4) is 0 Å². The Bertz CT molecular complexity index is 527. The molecule has 1 rings (SSSR count). The minimum atomic E-state index is -3.42. The van der Waals surface area contributed by atoms with Gasteiger partial charge in [0.2, 0.25) is 10.0 Å². The van der Waals surface area contributed by atoms with Crippen molar-refractivity contribution in [1.29, 1.82) is 0 Å². The first-order valence-corrected chi connectivity index (χ1v) is 8.12.